The van der Waals surface area contributed by atoms with Crippen molar-refractivity contribution in [2.75, 3.05) is 0 Å². The molecule has 0 radical (unpaired) electrons. The second-order valence-electron chi connectivity index (χ2n) is 8.74. The quantitative estimate of drug-likeness (QED) is 0.353. The standard InChI is InChI=1S/C25H37NO8/c1-8-21(27)33-19-12-11-17(14-20(19)34-22(28)9-2)13-18(26)23(29)31-15(4)16(5)32-24(30)25(6,7)10-3/h11-12,14-16,18H,8-10,13,26H2,1-7H3/t15-,16?,18-/m0/s1. The van der Waals surface area contributed by atoms with Crippen LogP contribution < -0.4 is 15.2 Å². The maximum Gasteiger partial charge on any atom is 0.323 e. The second kappa shape index (κ2) is 13.1. The van der Waals surface area contributed by atoms with Gasteiger partial charge in [-0.15, -0.1) is 0 Å². The third-order valence-corrected chi connectivity index (χ3v) is 5.48. The van der Waals surface area contributed by atoms with Crippen LogP contribution in [-0.4, -0.2) is 42.1 Å². The summed E-state index contributed by atoms with van der Waals surface area (Å²) in [6.07, 6.45) is -0.367. The second-order valence-corrected chi connectivity index (χ2v) is 8.74. The molecule has 0 aliphatic heterocycles. The molecule has 9 nitrogen and oxygen atoms in total. The van der Waals surface area contributed by atoms with Crippen molar-refractivity contribution < 1.29 is 38.1 Å². The molecule has 0 heterocycles. The zero-order valence-electron chi connectivity index (χ0n) is 21.1. The summed E-state index contributed by atoms with van der Waals surface area (Å²) in [5.41, 5.74) is 5.98. The van der Waals surface area contributed by atoms with Crippen LogP contribution in [0.5, 0.6) is 11.5 Å². The van der Waals surface area contributed by atoms with E-state index < -0.39 is 41.6 Å². The van der Waals surface area contributed by atoms with Crippen molar-refractivity contribution in [3.05, 3.63) is 23.8 Å². The SMILES string of the molecule is CCC(=O)Oc1ccc(C[C@H](N)C(=O)O[C@@H](C)C(C)OC(=O)C(C)(C)CC)cc1OC(=O)CC. The van der Waals surface area contributed by atoms with Crippen LogP contribution in [0.4, 0.5) is 0 Å². The minimum atomic E-state index is -1.02. The van der Waals surface area contributed by atoms with Crippen LogP contribution in [0.1, 0.15) is 73.3 Å². The maximum absolute atomic E-state index is 12.5. The highest BCUT2D eigenvalue weighted by Crippen LogP contribution is 2.30. The summed E-state index contributed by atoms with van der Waals surface area (Å²) < 4.78 is 21.3. The first-order chi connectivity index (χ1) is 15.8. The van der Waals surface area contributed by atoms with E-state index in [4.69, 9.17) is 24.7 Å². The number of carbonyl (C=O) groups is 4. The number of nitrogens with two attached hydrogens (primary N) is 1. The molecule has 0 aliphatic rings. The van der Waals surface area contributed by atoms with Crippen LogP contribution in [-0.2, 0) is 35.1 Å². The van der Waals surface area contributed by atoms with Crippen LogP contribution in [0.2, 0.25) is 0 Å². The lowest BCUT2D eigenvalue weighted by molar-refractivity contribution is -0.172. The number of esters is 4. The number of benzene rings is 1. The van der Waals surface area contributed by atoms with Crippen LogP contribution in [0.3, 0.4) is 0 Å². The lowest BCUT2D eigenvalue weighted by Crippen LogP contribution is -2.40. The van der Waals surface area contributed by atoms with Crippen LogP contribution in [0.15, 0.2) is 18.2 Å². The number of rotatable bonds is 12. The van der Waals surface area contributed by atoms with E-state index in [2.05, 4.69) is 0 Å². The summed E-state index contributed by atoms with van der Waals surface area (Å²) in [5.74, 6) is -1.84. The molecule has 9 heteroatoms. The molecule has 34 heavy (non-hydrogen) atoms. The Hall–Kier alpha value is -2.94. The third kappa shape index (κ3) is 8.78. The Bertz CT molecular complexity index is 880. The van der Waals surface area contributed by atoms with Crippen molar-refractivity contribution in [1.29, 1.82) is 0 Å². The van der Waals surface area contributed by atoms with Gasteiger partial charge < -0.3 is 24.7 Å². The minimum absolute atomic E-state index is 0.0687. The third-order valence-electron chi connectivity index (χ3n) is 5.48. The van der Waals surface area contributed by atoms with Gasteiger partial charge in [-0.25, -0.2) is 0 Å². The molecule has 0 aromatic heterocycles. The summed E-state index contributed by atoms with van der Waals surface area (Å²) >= 11 is 0. The van der Waals surface area contributed by atoms with E-state index in [1.165, 1.54) is 12.1 Å². The van der Waals surface area contributed by atoms with Gasteiger partial charge >= 0.3 is 23.9 Å². The van der Waals surface area contributed by atoms with Gasteiger partial charge in [0, 0.05) is 12.8 Å². The Morgan fingerprint density at radius 2 is 1.41 bits per heavy atom. The highest BCUT2D eigenvalue weighted by atomic mass is 16.6. The fourth-order valence-electron chi connectivity index (χ4n) is 2.51. The van der Waals surface area contributed by atoms with E-state index in [1.807, 2.05) is 6.92 Å². The normalized spacial score (nSPS) is 13.9. The average molecular weight is 480 g/mol. The Labute approximate surface area is 201 Å². The molecule has 1 aromatic carbocycles. The molecule has 190 valence electrons. The van der Waals surface area contributed by atoms with Crippen LogP contribution in [0.25, 0.3) is 0 Å². The van der Waals surface area contributed by atoms with Gasteiger partial charge in [-0.1, -0.05) is 26.8 Å². The van der Waals surface area contributed by atoms with Gasteiger partial charge in [-0.05, 0) is 58.2 Å². The zero-order valence-corrected chi connectivity index (χ0v) is 21.1. The Morgan fingerprint density at radius 3 is 1.94 bits per heavy atom. The van der Waals surface area contributed by atoms with Crippen LogP contribution >= 0.6 is 0 Å². The molecule has 0 fully saturated rings. The fraction of sp³-hybridized carbons (Fsp3) is 0.600. The molecule has 1 unspecified atom stereocenters. The van der Waals surface area contributed by atoms with Gasteiger partial charge in [0.1, 0.15) is 18.2 Å². The summed E-state index contributed by atoms with van der Waals surface area (Å²) in [4.78, 5) is 48.2. The Balaban J connectivity index is 2.85. The van der Waals surface area contributed by atoms with Crippen LogP contribution in [0, 0.1) is 5.41 Å². The molecular formula is C25H37NO8. The van der Waals surface area contributed by atoms with E-state index in [-0.39, 0.29) is 36.7 Å². The van der Waals surface area contributed by atoms with Gasteiger partial charge in [0.05, 0.1) is 5.41 Å². The summed E-state index contributed by atoms with van der Waals surface area (Å²) in [5, 5.41) is 0. The van der Waals surface area contributed by atoms with Gasteiger partial charge in [0.15, 0.2) is 11.5 Å². The maximum atomic E-state index is 12.5. The predicted molar refractivity (Wildman–Crippen MR) is 125 cm³/mol. The first-order valence-corrected chi connectivity index (χ1v) is 11.6. The highest BCUT2D eigenvalue weighted by molar-refractivity contribution is 5.78. The van der Waals surface area contributed by atoms with E-state index >= 15 is 0 Å². The van der Waals surface area contributed by atoms with Crippen molar-refractivity contribution >= 4 is 23.9 Å². The number of hydrogen-bond donors (Lipinski definition) is 1. The van der Waals surface area contributed by atoms with Crippen molar-refractivity contribution in [3.8, 4) is 11.5 Å². The molecule has 3 atom stereocenters. The molecule has 0 spiro atoms. The molecule has 1 aromatic rings. The number of ether oxygens (including phenoxy) is 4. The Kier molecular flexibility index (Phi) is 11.2. The summed E-state index contributed by atoms with van der Waals surface area (Å²) in [6, 6.07) is 3.59. The average Bonchev–Trinajstić information content (AvgIpc) is 2.79. The van der Waals surface area contributed by atoms with Crippen molar-refractivity contribution in [1.82, 2.24) is 0 Å². The molecule has 0 saturated heterocycles. The first-order valence-electron chi connectivity index (χ1n) is 11.6. The molecule has 2 N–H and O–H groups in total. The van der Waals surface area contributed by atoms with Crippen molar-refractivity contribution in [3.63, 3.8) is 0 Å². The molecule has 0 saturated carbocycles. The van der Waals surface area contributed by atoms with E-state index in [1.54, 1.807) is 47.6 Å². The lowest BCUT2D eigenvalue weighted by atomic mass is 9.90. The largest absolute Gasteiger partial charge is 0.458 e. The minimum Gasteiger partial charge on any atom is -0.458 e. The van der Waals surface area contributed by atoms with Gasteiger partial charge in [-0.3, -0.25) is 19.2 Å². The number of hydrogen-bond acceptors (Lipinski definition) is 9. The van der Waals surface area contributed by atoms with Crippen molar-refractivity contribution in [2.45, 2.75) is 92.4 Å². The first kappa shape index (κ1) is 29.1. The lowest BCUT2D eigenvalue weighted by Gasteiger charge is -2.27. The molecule has 0 aliphatic carbocycles. The summed E-state index contributed by atoms with van der Waals surface area (Å²) in [6.45, 7) is 12.0. The van der Waals surface area contributed by atoms with Gasteiger partial charge in [0.25, 0.3) is 0 Å². The molecule has 0 amide bonds. The van der Waals surface area contributed by atoms with E-state index in [0.717, 1.165) is 0 Å². The van der Waals surface area contributed by atoms with E-state index in [0.29, 0.717) is 12.0 Å². The summed E-state index contributed by atoms with van der Waals surface area (Å²) in [7, 11) is 0. The van der Waals surface area contributed by atoms with Gasteiger partial charge in [0.2, 0.25) is 0 Å². The molecule has 0 bridgehead atoms. The van der Waals surface area contributed by atoms with E-state index in [9.17, 15) is 19.2 Å². The Morgan fingerprint density at radius 1 is 0.882 bits per heavy atom. The zero-order chi connectivity index (χ0) is 26.1. The molecule has 1 rings (SSSR count). The smallest absolute Gasteiger partial charge is 0.323 e. The highest BCUT2D eigenvalue weighted by Gasteiger charge is 2.31. The van der Waals surface area contributed by atoms with Crippen molar-refractivity contribution in [2.24, 2.45) is 11.1 Å². The number of carbonyl (C=O) groups excluding carboxylic acids is 4. The topological polar surface area (TPSA) is 131 Å². The predicted octanol–water partition coefficient (Wildman–Crippen LogP) is 3.49. The van der Waals surface area contributed by atoms with Gasteiger partial charge in [-0.2, -0.15) is 0 Å². The molecular weight excluding hydrogens is 442 g/mol. The fourth-order valence-corrected chi connectivity index (χ4v) is 2.51. The monoisotopic (exact) mass is 479 g/mol.